The number of aryl methyl sites for hydroxylation is 1. The Kier molecular flexibility index (Phi) is 3.32. The average molecular weight is 331 g/mol. The van der Waals surface area contributed by atoms with E-state index in [9.17, 15) is 9.90 Å². The van der Waals surface area contributed by atoms with Gasteiger partial charge in [-0.15, -0.1) is 0 Å². The summed E-state index contributed by atoms with van der Waals surface area (Å²) in [6.45, 7) is 1.87. The van der Waals surface area contributed by atoms with Gasteiger partial charge < -0.3 is 10.0 Å². The number of carbonyl (C=O) groups excluding carboxylic acids is 1. The molecule has 1 N–H and O–H groups in total. The highest BCUT2D eigenvalue weighted by atomic mass is 16.3. The second kappa shape index (κ2) is 5.41. The first-order chi connectivity index (χ1) is 12.0. The van der Waals surface area contributed by atoms with E-state index in [0.717, 1.165) is 22.4 Å². The fourth-order valence-electron chi connectivity index (χ4n) is 3.20. The quantitative estimate of drug-likeness (QED) is 0.873. The van der Waals surface area contributed by atoms with Gasteiger partial charge in [0.05, 0.1) is 5.57 Å². The van der Waals surface area contributed by atoms with Crippen LogP contribution in [0.25, 0.3) is 5.57 Å². The largest absolute Gasteiger partial charge is 0.508 e. The predicted molar refractivity (Wildman–Crippen MR) is 98.2 cm³/mol. The normalized spacial score (nSPS) is 15.6. The van der Waals surface area contributed by atoms with Gasteiger partial charge in [0, 0.05) is 25.2 Å². The Hall–Kier alpha value is -3.21. The zero-order chi connectivity index (χ0) is 17.7. The lowest BCUT2D eigenvalue weighted by atomic mass is 9.82. The van der Waals surface area contributed by atoms with Crippen molar-refractivity contribution in [1.29, 1.82) is 0 Å². The van der Waals surface area contributed by atoms with E-state index in [-0.39, 0.29) is 11.5 Å². The van der Waals surface area contributed by atoms with Crippen molar-refractivity contribution in [3.63, 3.8) is 0 Å². The van der Waals surface area contributed by atoms with Crippen molar-refractivity contribution in [3.8, 4) is 5.75 Å². The molecular formula is C20H17N3O2. The number of aliphatic imine (C=N–C) groups is 2. The molecule has 2 aromatic carbocycles. The van der Waals surface area contributed by atoms with Crippen LogP contribution in [0.1, 0.15) is 27.0 Å². The summed E-state index contributed by atoms with van der Waals surface area (Å²) in [6.07, 6.45) is 0. The number of carbonyl (C=O) groups is 1. The molecule has 0 fully saturated rings. The minimum Gasteiger partial charge on any atom is -0.508 e. The number of nitrogens with zero attached hydrogens (tertiary/aromatic N) is 3. The van der Waals surface area contributed by atoms with Crippen molar-refractivity contribution >= 4 is 23.0 Å². The molecule has 5 nitrogen and oxygen atoms in total. The van der Waals surface area contributed by atoms with Crippen LogP contribution in [0.2, 0.25) is 0 Å². The zero-order valence-electron chi connectivity index (χ0n) is 14.2. The summed E-state index contributed by atoms with van der Waals surface area (Å²) in [5.74, 6) is 0.679. The summed E-state index contributed by atoms with van der Waals surface area (Å²) < 4.78 is 0. The van der Waals surface area contributed by atoms with Gasteiger partial charge in [0.15, 0.2) is 5.78 Å². The van der Waals surface area contributed by atoms with Gasteiger partial charge in [-0.25, -0.2) is 9.98 Å². The first-order valence-electron chi connectivity index (χ1n) is 8.01. The summed E-state index contributed by atoms with van der Waals surface area (Å²) in [6, 6.07) is 12.5. The lowest BCUT2D eigenvalue weighted by Crippen LogP contribution is -2.20. The summed E-state index contributed by atoms with van der Waals surface area (Å²) in [7, 11) is 3.75. The molecular weight excluding hydrogens is 314 g/mol. The van der Waals surface area contributed by atoms with E-state index in [4.69, 9.17) is 0 Å². The van der Waals surface area contributed by atoms with Crippen LogP contribution in [0.15, 0.2) is 58.1 Å². The van der Waals surface area contributed by atoms with Gasteiger partial charge in [-0.2, -0.15) is 0 Å². The van der Waals surface area contributed by atoms with Gasteiger partial charge in [0.25, 0.3) is 0 Å². The third-order valence-electron chi connectivity index (χ3n) is 4.42. The molecule has 0 spiro atoms. The topological polar surface area (TPSA) is 65.3 Å². The Balaban J connectivity index is 2.03. The van der Waals surface area contributed by atoms with E-state index in [1.54, 1.807) is 18.2 Å². The van der Waals surface area contributed by atoms with Gasteiger partial charge >= 0.3 is 0 Å². The van der Waals surface area contributed by atoms with E-state index in [1.165, 1.54) is 0 Å². The number of allylic oxidation sites excluding steroid dienone is 2. The van der Waals surface area contributed by atoms with E-state index in [1.807, 2.05) is 50.2 Å². The second-order valence-electron chi connectivity index (χ2n) is 6.36. The monoisotopic (exact) mass is 331 g/mol. The summed E-state index contributed by atoms with van der Waals surface area (Å²) in [5.41, 5.74) is 4.88. The summed E-state index contributed by atoms with van der Waals surface area (Å²) >= 11 is 0. The summed E-state index contributed by atoms with van der Waals surface area (Å²) in [4.78, 5) is 24.3. The van der Waals surface area contributed by atoms with Crippen LogP contribution in [0.5, 0.6) is 5.75 Å². The van der Waals surface area contributed by atoms with E-state index < -0.39 is 0 Å². The fourth-order valence-corrected chi connectivity index (χ4v) is 3.20. The first kappa shape index (κ1) is 15.3. The number of rotatable bonds is 1. The van der Waals surface area contributed by atoms with Gasteiger partial charge in [0.1, 0.15) is 17.2 Å². The molecule has 5 heteroatoms. The van der Waals surface area contributed by atoms with Crippen molar-refractivity contribution in [1.82, 2.24) is 4.90 Å². The Morgan fingerprint density at radius 1 is 0.960 bits per heavy atom. The molecule has 2 aliphatic rings. The van der Waals surface area contributed by atoms with Crippen molar-refractivity contribution < 1.29 is 9.90 Å². The lowest BCUT2D eigenvalue weighted by molar-refractivity contribution is 0.105. The van der Waals surface area contributed by atoms with Crippen LogP contribution in [0.4, 0.5) is 0 Å². The van der Waals surface area contributed by atoms with E-state index in [0.29, 0.717) is 22.8 Å². The minimum atomic E-state index is -0.0675. The molecule has 0 saturated heterocycles. The molecule has 0 atom stereocenters. The Bertz CT molecular complexity index is 1010. The third kappa shape index (κ3) is 2.28. The smallest absolute Gasteiger partial charge is 0.226 e. The van der Waals surface area contributed by atoms with Gasteiger partial charge in [-0.3, -0.25) is 4.79 Å². The van der Waals surface area contributed by atoms with Gasteiger partial charge in [0.2, 0.25) is 5.96 Å². The molecule has 0 unspecified atom stereocenters. The number of fused-ring (bicyclic) bond motifs is 3. The Morgan fingerprint density at radius 2 is 1.68 bits per heavy atom. The number of Topliss-reactive ketones (excluding diaryl/α,β-unsaturated/α-hetero) is 1. The van der Waals surface area contributed by atoms with Crippen LogP contribution in [0, 0.1) is 6.92 Å². The van der Waals surface area contributed by atoms with Crippen LogP contribution >= 0.6 is 0 Å². The molecule has 124 valence electrons. The number of guanidine groups is 1. The number of benzene rings is 2. The highest BCUT2D eigenvalue weighted by Crippen LogP contribution is 2.37. The summed E-state index contributed by atoms with van der Waals surface area (Å²) in [5, 5.41) is 9.70. The number of phenolic OH excluding ortho intramolecular Hbond substituents is 1. The van der Waals surface area contributed by atoms with Gasteiger partial charge in [-0.05, 0) is 30.2 Å². The maximum absolute atomic E-state index is 13.2. The van der Waals surface area contributed by atoms with Crippen LogP contribution in [-0.2, 0) is 0 Å². The SMILES string of the molecule is Cc1cc(O)ccc1C1=C2N=C(N(C)C)N=C2c2ccccc2C1=O. The molecule has 0 saturated carbocycles. The van der Waals surface area contributed by atoms with Crippen molar-refractivity contribution in [2.75, 3.05) is 14.1 Å². The standard InChI is InChI=1S/C20H17N3O2/c1-11-10-12(24)8-9-13(11)16-18-17(21-20(22-18)23(2)3)14-6-4-5-7-15(14)19(16)25/h4-10,24H,1-3H3. The molecule has 4 rings (SSSR count). The minimum absolute atomic E-state index is 0.0675. The molecule has 25 heavy (non-hydrogen) atoms. The lowest BCUT2D eigenvalue weighted by Gasteiger charge is -2.20. The maximum Gasteiger partial charge on any atom is 0.226 e. The number of hydrogen-bond donors (Lipinski definition) is 1. The molecule has 0 aromatic heterocycles. The molecule has 0 bridgehead atoms. The molecule has 1 aliphatic heterocycles. The fraction of sp³-hybridized carbons (Fsp3) is 0.150. The van der Waals surface area contributed by atoms with Crippen molar-refractivity contribution in [3.05, 3.63) is 70.4 Å². The average Bonchev–Trinajstić information content (AvgIpc) is 3.02. The van der Waals surface area contributed by atoms with E-state index in [2.05, 4.69) is 9.98 Å². The third-order valence-corrected chi connectivity index (χ3v) is 4.42. The predicted octanol–water partition coefficient (Wildman–Crippen LogP) is 3.03. The Morgan fingerprint density at radius 3 is 2.36 bits per heavy atom. The maximum atomic E-state index is 13.2. The highest BCUT2D eigenvalue weighted by molar-refractivity contribution is 6.43. The molecule has 1 aliphatic carbocycles. The Labute approximate surface area is 145 Å². The van der Waals surface area contributed by atoms with E-state index >= 15 is 0 Å². The first-order valence-corrected chi connectivity index (χ1v) is 8.01. The molecule has 1 heterocycles. The zero-order valence-corrected chi connectivity index (χ0v) is 14.2. The number of aromatic hydroxyl groups is 1. The van der Waals surface area contributed by atoms with Gasteiger partial charge in [-0.1, -0.05) is 30.3 Å². The number of ketones is 1. The van der Waals surface area contributed by atoms with Crippen LogP contribution in [-0.4, -0.2) is 41.6 Å². The van der Waals surface area contributed by atoms with Crippen molar-refractivity contribution in [2.24, 2.45) is 9.98 Å². The second-order valence-corrected chi connectivity index (χ2v) is 6.36. The number of phenols is 1. The van der Waals surface area contributed by atoms with Crippen LogP contribution < -0.4 is 0 Å². The van der Waals surface area contributed by atoms with Crippen molar-refractivity contribution in [2.45, 2.75) is 6.92 Å². The number of hydrogen-bond acceptors (Lipinski definition) is 5. The molecule has 0 radical (unpaired) electrons. The molecule has 0 amide bonds. The van der Waals surface area contributed by atoms with Crippen LogP contribution in [0.3, 0.4) is 0 Å². The molecule has 2 aromatic rings. The highest BCUT2D eigenvalue weighted by Gasteiger charge is 2.35.